The molecule has 1 aromatic carbocycles. The molecule has 0 saturated carbocycles. The third-order valence-corrected chi connectivity index (χ3v) is 2.76. The van der Waals surface area contributed by atoms with Crippen molar-refractivity contribution in [3.63, 3.8) is 0 Å². The first-order valence-corrected chi connectivity index (χ1v) is 6.08. The molecule has 1 aromatic rings. The Morgan fingerprint density at radius 2 is 2.11 bits per heavy atom. The first-order chi connectivity index (χ1) is 8.72. The molecule has 0 fully saturated rings. The van der Waals surface area contributed by atoms with Gasteiger partial charge in [0.05, 0.1) is 13.2 Å². The van der Waals surface area contributed by atoms with E-state index in [-0.39, 0.29) is 0 Å². The maximum absolute atomic E-state index is 11.2. The molecule has 0 amide bonds. The minimum absolute atomic E-state index is 0.589. The molecule has 5 heteroatoms. The van der Waals surface area contributed by atoms with Crippen molar-refractivity contribution in [3.8, 4) is 11.5 Å². The van der Waals surface area contributed by atoms with E-state index < -0.39 is 12.0 Å². The minimum atomic E-state index is -0.897. The van der Waals surface area contributed by atoms with Crippen LogP contribution in [0.3, 0.4) is 0 Å². The number of benzene rings is 1. The maximum atomic E-state index is 11.2. The third kappa shape index (κ3) is 2.73. The van der Waals surface area contributed by atoms with Crippen molar-refractivity contribution < 1.29 is 19.4 Å². The zero-order valence-corrected chi connectivity index (χ0v) is 10.3. The van der Waals surface area contributed by atoms with Gasteiger partial charge in [0.1, 0.15) is 6.04 Å². The normalized spacial score (nSPS) is 15.8. The summed E-state index contributed by atoms with van der Waals surface area (Å²) in [7, 11) is 0. The van der Waals surface area contributed by atoms with Crippen molar-refractivity contribution in [2.24, 2.45) is 0 Å². The lowest BCUT2D eigenvalue weighted by atomic mass is 10.1. The Hall–Kier alpha value is -1.75. The van der Waals surface area contributed by atoms with Gasteiger partial charge < -0.3 is 19.9 Å². The molecular formula is C13H17NO4. The van der Waals surface area contributed by atoms with E-state index in [4.69, 9.17) is 9.47 Å². The molecule has 18 heavy (non-hydrogen) atoms. The Morgan fingerprint density at radius 1 is 1.39 bits per heavy atom. The van der Waals surface area contributed by atoms with E-state index in [2.05, 4.69) is 5.32 Å². The molecule has 0 radical (unpaired) electrons. The number of carboxylic acids is 1. The number of ether oxygens (including phenoxy) is 2. The molecule has 1 unspecified atom stereocenters. The molecule has 0 aliphatic carbocycles. The molecule has 1 aliphatic rings. The fourth-order valence-corrected chi connectivity index (χ4v) is 1.91. The Kier molecular flexibility index (Phi) is 4.04. The molecule has 2 rings (SSSR count). The maximum Gasteiger partial charge on any atom is 0.325 e. The van der Waals surface area contributed by atoms with Gasteiger partial charge >= 0.3 is 5.97 Å². The van der Waals surface area contributed by atoms with Crippen LogP contribution in [0.25, 0.3) is 0 Å². The summed E-state index contributed by atoms with van der Waals surface area (Å²) in [5.74, 6) is 0.400. The second kappa shape index (κ2) is 5.73. The predicted octanol–water partition coefficient (Wildman–Crippen LogP) is 1.58. The lowest BCUT2D eigenvalue weighted by Gasteiger charge is -2.15. The van der Waals surface area contributed by atoms with Crippen molar-refractivity contribution >= 4 is 5.97 Å². The van der Waals surface area contributed by atoms with Gasteiger partial charge in [-0.2, -0.15) is 0 Å². The van der Waals surface area contributed by atoms with Crippen molar-refractivity contribution in [2.75, 3.05) is 19.8 Å². The Balaban J connectivity index is 2.28. The summed E-state index contributed by atoms with van der Waals surface area (Å²) in [4.78, 5) is 11.2. The molecule has 0 aromatic heterocycles. The van der Waals surface area contributed by atoms with Crippen LogP contribution in [0, 0.1) is 0 Å². The summed E-state index contributed by atoms with van der Waals surface area (Å²) in [6.45, 7) is 3.68. The fourth-order valence-electron chi connectivity index (χ4n) is 1.91. The summed E-state index contributed by atoms with van der Waals surface area (Å²) >= 11 is 0. The zero-order chi connectivity index (χ0) is 13.0. The standard InChI is InChI=1S/C13H17NO4/c1-2-14-12(13(15)16)9-4-5-10-11(8-9)18-7-3-6-17-10/h4-5,8,12,14H,2-3,6-7H2,1H3,(H,15,16). The first-order valence-electron chi connectivity index (χ1n) is 6.08. The van der Waals surface area contributed by atoms with Gasteiger partial charge in [-0.3, -0.25) is 4.79 Å². The Morgan fingerprint density at radius 3 is 2.78 bits per heavy atom. The van der Waals surface area contributed by atoms with Gasteiger partial charge in [0, 0.05) is 6.42 Å². The van der Waals surface area contributed by atoms with Gasteiger partial charge in [0.15, 0.2) is 11.5 Å². The highest BCUT2D eigenvalue weighted by molar-refractivity contribution is 5.76. The number of nitrogens with one attached hydrogen (secondary N) is 1. The van der Waals surface area contributed by atoms with Crippen LogP contribution in [0.2, 0.25) is 0 Å². The minimum Gasteiger partial charge on any atom is -0.490 e. The summed E-state index contributed by atoms with van der Waals surface area (Å²) in [5, 5.41) is 12.1. The van der Waals surface area contributed by atoms with Gasteiger partial charge in [-0.05, 0) is 24.2 Å². The molecule has 98 valence electrons. The molecule has 0 saturated heterocycles. The number of carbonyl (C=O) groups is 1. The summed E-state index contributed by atoms with van der Waals surface area (Å²) in [5.41, 5.74) is 0.675. The van der Waals surface area contributed by atoms with Crippen LogP contribution in [0.15, 0.2) is 18.2 Å². The monoisotopic (exact) mass is 251 g/mol. The second-order valence-electron chi connectivity index (χ2n) is 4.09. The molecule has 5 nitrogen and oxygen atoms in total. The number of aliphatic carboxylic acids is 1. The van der Waals surface area contributed by atoms with E-state index in [0.717, 1.165) is 6.42 Å². The van der Waals surface area contributed by atoms with Crippen LogP contribution in [0.1, 0.15) is 24.9 Å². The Labute approximate surface area is 106 Å². The van der Waals surface area contributed by atoms with Crippen molar-refractivity contribution in [1.29, 1.82) is 0 Å². The SMILES string of the molecule is CCNC(C(=O)O)c1ccc2c(c1)OCCCO2. The topological polar surface area (TPSA) is 67.8 Å². The quantitative estimate of drug-likeness (QED) is 0.850. The molecule has 2 N–H and O–H groups in total. The highest BCUT2D eigenvalue weighted by Gasteiger charge is 2.21. The molecule has 1 aliphatic heterocycles. The van der Waals surface area contributed by atoms with Gasteiger partial charge in [-0.1, -0.05) is 13.0 Å². The van der Waals surface area contributed by atoms with E-state index in [0.29, 0.717) is 36.8 Å². The number of hydrogen-bond acceptors (Lipinski definition) is 4. The number of fused-ring (bicyclic) bond motifs is 1. The van der Waals surface area contributed by atoms with Gasteiger partial charge in [0.2, 0.25) is 0 Å². The molecule has 1 atom stereocenters. The van der Waals surface area contributed by atoms with Crippen LogP contribution in [-0.4, -0.2) is 30.8 Å². The summed E-state index contributed by atoms with van der Waals surface area (Å²) in [6, 6.07) is 4.55. The van der Waals surface area contributed by atoms with E-state index in [1.54, 1.807) is 18.2 Å². The average Bonchev–Trinajstić information content (AvgIpc) is 2.59. The highest BCUT2D eigenvalue weighted by Crippen LogP contribution is 2.32. The van der Waals surface area contributed by atoms with E-state index in [1.807, 2.05) is 6.92 Å². The first kappa shape index (κ1) is 12.7. The van der Waals surface area contributed by atoms with Crippen LogP contribution >= 0.6 is 0 Å². The molecule has 0 spiro atoms. The zero-order valence-electron chi connectivity index (χ0n) is 10.3. The second-order valence-corrected chi connectivity index (χ2v) is 4.09. The van der Waals surface area contributed by atoms with Crippen molar-refractivity contribution in [3.05, 3.63) is 23.8 Å². The highest BCUT2D eigenvalue weighted by atomic mass is 16.5. The number of hydrogen-bond donors (Lipinski definition) is 2. The average molecular weight is 251 g/mol. The van der Waals surface area contributed by atoms with E-state index >= 15 is 0 Å². The number of rotatable bonds is 4. The smallest absolute Gasteiger partial charge is 0.325 e. The van der Waals surface area contributed by atoms with Gasteiger partial charge in [0.25, 0.3) is 0 Å². The van der Waals surface area contributed by atoms with Crippen molar-refractivity contribution in [2.45, 2.75) is 19.4 Å². The summed E-state index contributed by atoms with van der Waals surface area (Å²) in [6.07, 6.45) is 0.833. The lowest BCUT2D eigenvalue weighted by molar-refractivity contribution is -0.139. The third-order valence-electron chi connectivity index (χ3n) is 2.76. The number of likely N-dealkylation sites (N-methyl/N-ethyl adjacent to an activating group) is 1. The number of carboxylic acid groups (broad SMARTS) is 1. The Bertz CT molecular complexity index is 433. The molecular weight excluding hydrogens is 234 g/mol. The fraction of sp³-hybridized carbons (Fsp3) is 0.462. The molecule has 1 heterocycles. The van der Waals surface area contributed by atoms with Crippen LogP contribution < -0.4 is 14.8 Å². The lowest BCUT2D eigenvalue weighted by Crippen LogP contribution is -2.28. The van der Waals surface area contributed by atoms with Gasteiger partial charge in [-0.25, -0.2) is 0 Å². The van der Waals surface area contributed by atoms with Crippen molar-refractivity contribution in [1.82, 2.24) is 5.32 Å². The van der Waals surface area contributed by atoms with Gasteiger partial charge in [-0.15, -0.1) is 0 Å². The van der Waals surface area contributed by atoms with Crippen LogP contribution in [0.5, 0.6) is 11.5 Å². The predicted molar refractivity (Wildman–Crippen MR) is 66.1 cm³/mol. The largest absolute Gasteiger partial charge is 0.490 e. The summed E-state index contributed by atoms with van der Waals surface area (Å²) < 4.78 is 11.1. The molecule has 0 bridgehead atoms. The van der Waals surface area contributed by atoms with Crippen LogP contribution in [-0.2, 0) is 4.79 Å². The van der Waals surface area contributed by atoms with E-state index in [9.17, 15) is 9.90 Å². The van der Waals surface area contributed by atoms with Crippen LogP contribution in [0.4, 0.5) is 0 Å². The van der Waals surface area contributed by atoms with E-state index in [1.165, 1.54) is 0 Å².